The van der Waals surface area contributed by atoms with Crippen molar-refractivity contribution in [2.24, 2.45) is 12.8 Å². The van der Waals surface area contributed by atoms with E-state index in [2.05, 4.69) is 10.6 Å². The Kier molecular flexibility index (Phi) is 8.77. The van der Waals surface area contributed by atoms with E-state index < -0.39 is 11.5 Å². The summed E-state index contributed by atoms with van der Waals surface area (Å²) in [6.07, 6.45) is 1.96. The van der Waals surface area contributed by atoms with Crippen molar-refractivity contribution >= 4 is 46.8 Å². The predicted molar refractivity (Wildman–Crippen MR) is 146 cm³/mol. The highest BCUT2D eigenvalue weighted by Crippen LogP contribution is 2.29. The van der Waals surface area contributed by atoms with E-state index in [0.717, 1.165) is 41.0 Å². The number of methoxy groups -OCH3 is 1. The summed E-state index contributed by atoms with van der Waals surface area (Å²) in [4.78, 5) is 32.1. The van der Waals surface area contributed by atoms with Gasteiger partial charge < -0.3 is 25.3 Å². The van der Waals surface area contributed by atoms with Crippen LogP contribution in [0.25, 0.3) is 11.0 Å². The molecule has 1 saturated heterocycles. The Bertz CT molecular complexity index is 1290. The number of anilines is 1. The molecule has 3 aromatic rings. The third-order valence-corrected chi connectivity index (χ3v) is 6.83. The summed E-state index contributed by atoms with van der Waals surface area (Å²) in [5.74, 6) is 0.367. The van der Waals surface area contributed by atoms with Crippen molar-refractivity contribution in [3.05, 3.63) is 59.4 Å². The lowest BCUT2D eigenvalue weighted by atomic mass is 9.89. The molecule has 198 valence electrons. The quantitative estimate of drug-likeness (QED) is 0.190. The van der Waals surface area contributed by atoms with Crippen LogP contribution >= 0.6 is 12.4 Å². The van der Waals surface area contributed by atoms with E-state index in [4.69, 9.17) is 20.9 Å². The van der Waals surface area contributed by atoms with Crippen molar-refractivity contribution in [2.75, 3.05) is 32.1 Å². The summed E-state index contributed by atoms with van der Waals surface area (Å²) < 4.78 is 6.80. The number of carbonyl (C=O) groups is 2. The maximum absolute atomic E-state index is 13.6. The van der Waals surface area contributed by atoms with Crippen LogP contribution in [0, 0.1) is 5.41 Å². The highest BCUT2D eigenvalue weighted by Gasteiger charge is 2.39. The topological polar surface area (TPSA) is 138 Å². The number of nitrogen functional groups attached to an aromatic ring is 1. The van der Waals surface area contributed by atoms with E-state index in [1.165, 1.54) is 7.11 Å². The average Bonchev–Trinajstić information content (AvgIpc) is 3.53. The molecule has 1 aromatic heterocycles. The van der Waals surface area contributed by atoms with Gasteiger partial charge in [0.2, 0.25) is 5.91 Å². The summed E-state index contributed by atoms with van der Waals surface area (Å²) in [5.41, 5.74) is 8.44. The van der Waals surface area contributed by atoms with Crippen LogP contribution in [-0.4, -0.2) is 58.9 Å². The fourth-order valence-corrected chi connectivity index (χ4v) is 4.53. The Morgan fingerprint density at radius 1 is 1.16 bits per heavy atom. The zero-order chi connectivity index (χ0) is 25.9. The number of imidazole rings is 1. The molecule has 11 heteroatoms. The molecule has 2 aromatic carbocycles. The minimum atomic E-state index is -1.10. The van der Waals surface area contributed by atoms with Gasteiger partial charge >= 0.3 is 5.97 Å². The van der Waals surface area contributed by atoms with Crippen molar-refractivity contribution in [2.45, 2.75) is 31.8 Å². The highest BCUT2D eigenvalue weighted by molar-refractivity contribution is 5.95. The molecule has 5 N–H and O–H groups in total. The molecule has 0 aliphatic carbocycles. The molecule has 0 saturated carbocycles. The summed E-state index contributed by atoms with van der Waals surface area (Å²) >= 11 is 0. The number of nitrogens with zero attached hydrogens (tertiary/aromatic N) is 3. The first-order chi connectivity index (χ1) is 17.2. The first-order valence-electron chi connectivity index (χ1n) is 12.0. The van der Waals surface area contributed by atoms with E-state index in [1.807, 2.05) is 53.8 Å². The number of hydrogen-bond acceptors (Lipinski definition) is 7. The molecule has 1 amide bonds. The summed E-state index contributed by atoms with van der Waals surface area (Å²) in [7, 11) is 3.28. The van der Waals surface area contributed by atoms with Crippen molar-refractivity contribution in [1.29, 1.82) is 5.41 Å². The lowest BCUT2D eigenvalue weighted by Crippen LogP contribution is -2.54. The third-order valence-electron chi connectivity index (χ3n) is 6.83. The number of amides is 1. The average molecular weight is 528 g/mol. The molecule has 0 bridgehead atoms. The number of aromatic nitrogens is 2. The van der Waals surface area contributed by atoms with Crippen LogP contribution in [0.2, 0.25) is 0 Å². The van der Waals surface area contributed by atoms with Crippen LogP contribution < -0.4 is 16.4 Å². The van der Waals surface area contributed by atoms with Crippen molar-refractivity contribution in [3.63, 3.8) is 0 Å². The molecule has 10 nitrogen and oxygen atoms in total. The van der Waals surface area contributed by atoms with Gasteiger partial charge in [0.05, 0.1) is 31.2 Å². The first-order valence-corrected chi connectivity index (χ1v) is 12.0. The Hall–Kier alpha value is -3.63. The predicted octanol–water partition coefficient (Wildman–Crippen LogP) is 2.49. The number of benzene rings is 2. The van der Waals surface area contributed by atoms with Crippen molar-refractivity contribution in [3.8, 4) is 0 Å². The van der Waals surface area contributed by atoms with Crippen LogP contribution in [-0.2, 0) is 33.5 Å². The van der Waals surface area contributed by atoms with Crippen molar-refractivity contribution < 1.29 is 14.3 Å². The number of carbonyl (C=O) groups excluding carboxylic acids is 2. The summed E-state index contributed by atoms with van der Waals surface area (Å²) in [5, 5.41) is 14.0. The smallest absolute Gasteiger partial charge is 0.319 e. The number of amidine groups is 1. The Balaban J connectivity index is 0.00000380. The Labute approximate surface area is 222 Å². The van der Waals surface area contributed by atoms with Gasteiger partial charge in [-0.3, -0.25) is 20.3 Å². The fraction of sp³-hybridized carbons (Fsp3) is 0.385. The number of aryl methyl sites for hydroxylation is 1. The number of nitrogens with two attached hydrogens (primary N) is 1. The van der Waals surface area contributed by atoms with Gasteiger partial charge in [0.15, 0.2) is 0 Å². The zero-order valence-corrected chi connectivity index (χ0v) is 22.2. The molecule has 1 aliphatic rings. The number of rotatable bonds is 9. The number of esters is 1. The lowest BCUT2D eigenvalue weighted by molar-refractivity contribution is -0.141. The molecule has 1 atom stereocenters. The molecule has 37 heavy (non-hydrogen) atoms. The van der Waals surface area contributed by atoms with Gasteiger partial charge in [-0.25, -0.2) is 4.98 Å². The number of ether oxygens (including phenoxy) is 1. The molecule has 1 aliphatic heterocycles. The second-order valence-corrected chi connectivity index (χ2v) is 9.19. The Morgan fingerprint density at radius 3 is 2.46 bits per heavy atom. The number of likely N-dealkylation sites (tertiary alicyclic amines) is 1. The van der Waals surface area contributed by atoms with Crippen LogP contribution in [0.15, 0.2) is 42.5 Å². The molecular formula is C26H34ClN7O3. The van der Waals surface area contributed by atoms with Crippen LogP contribution in [0.4, 0.5) is 5.69 Å². The molecule has 0 radical (unpaired) electrons. The van der Waals surface area contributed by atoms with E-state index in [0.29, 0.717) is 25.2 Å². The van der Waals surface area contributed by atoms with Crippen molar-refractivity contribution in [1.82, 2.24) is 19.8 Å². The zero-order valence-electron chi connectivity index (χ0n) is 21.3. The number of fused-ring (bicyclic) bond motifs is 1. The number of halogens is 1. The SMILES string of the molecule is COC(=O)CNC(C)(C(=O)N1CCCC1)c1ccc2c(c1)nc(CNc1ccc(C(=N)N)cc1)n2C.Cl. The van der Waals surface area contributed by atoms with E-state index in [1.54, 1.807) is 12.1 Å². The monoisotopic (exact) mass is 527 g/mol. The van der Waals surface area contributed by atoms with Gasteiger partial charge in [0.1, 0.15) is 17.2 Å². The van der Waals surface area contributed by atoms with E-state index in [9.17, 15) is 9.59 Å². The van der Waals surface area contributed by atoms with Gasteiger partial charge in [0.25, 0.3) is 0 Å². The number of nitrogens with one attached hydrogen (secondary N) is 3. The van der Waals surface area contributed by atoms with E-state index >= 15 is 0 Å². The molecular weight excluding hydrogens is 494 g/mol. The van der Waals surface area contributed by atoms with Gasteiger partial charge in [-0.15, -0.1) is 12.4 Å². The summed E-state index contributed by atoms with van der Waals surface area (Å²) in [6, 6.07) is 13.1. The van der Waals surface area contributed by atoms with Gasteiger partial charge in [-0.2, -0.15) is 0 Å². The van der Waals surface area contributed by atoms with Gasteiger partial charge in [-0.05, 0) is 61.7 Å². The normalized spacial score (nSPS) is 14.6. The molecule has 1 fully saturated rings. The molecule has 4 rings (SSSR count). The fourth-order valence-electron chi connectivity index (χ4n) is 4.53. The minimum absolute atomic E-state index is 0. The molecule has 2 heterocycles. The summed E-state index contributed by atoms with van der Waals surface area (Å²) in [6.45, 7) is 3.65. The number of hydrogen-bond donors (Lipinski definition) is 4. The standard InChI is InChI=1S/C26H33N7O3.ClH/c1-26(30-16-23(34)36-3,25(35)33-12-4-5-13-33)18-8-11-21-20(14-18)31-22(32(21)2)15-29-19-9-6-17(7-10-19)24(27)28;/h6-11,14,29-30H,4-5,12-13,15-16H2,1-3H3,(H3,27,28);1H. The van der Waals surface area contributed by atoms with Gasteiger partial charge in [0, 0.05) is 31.4 Å². The van der Waals surface area contributed by atoms with Crippen LogP contribution in [0.1, 0.15) is 36.7 Å². The maximum Gasteiger partial charge on any atom is 0.319 e. The lowest BCUT2D eigenvalue weighted by Gasteiger charge is -2.33. The second-order valence-electron chi connectivity index (χ2n) is 9.19. The van der Waals surface area contributed by atoms with Gasteiger partial charge in [-0.1, -0.05) is 6.07 Å². The Morgan fingerprint density at radius 2 is 1.84 bits per heavy atom. The van der Waals surface area contributed by atoms with E-state index in [-0.39, 0.29) is 30.7 Å². The van der Waals surface area contributed by atoms with Crippen LogP contribution in [0.3, 0.4) is 0 Å². The molecule has 0 spiro atoms. The maximum atomic E-state index is 13.6. The third kappa shape index (κ3) is 5.86. The van der Waals surface area contributed by atoms with Crippen LogP contribution in [0.5, 0.6) is 0 Å². The highest BCUT2D eigenvalue weighted by atomic mass is 35.5. The first kappa shape index (κ1) is 27.9. The minimum Gasteiger partial charge on any atom is -0.468 e. The largest absolute Gasteiger partial charge is 0.468 e. The molecule has 1 unspecified atom stereocenters. The second kappa shape index (κ2) is 11.6.